The summed E-state index contributed by atoms with van der Waals surface area (Å²) < 4.78 is 28.0. The van der Waals surface area contributed by atoms with Crippen LogP contribution in [0.4, 0.5) is 8.78 Å². The molecule has 0 spiro atoms. The van der Waals surface area contributed by atoms with Crippen LogP contribution in [0.3, 0.4) is 0 Å². The summed E-state index contributed by atoms with van der Waals surface area (Å²) in [4.78, 5) is 0. The van der Waals surface area contributed by atoms with Crippen LogP contribution in [0.25, 0.3) is 22.3 Å². The monoisotopic (exact) mass is 387 g/mol. The summed E-state index contributed by atoms with van der Waals surface area (Å²) in [5, 5.41) is 8.86. The van der Waals surface area contributed by atoms with E-state index >= 15 is 0 Å². The van der Waals surface area contributed by atoms with Crippen LogP contribution < -0.4 is 0 Å². The van der Waals surface area contributed by atoms with E-state index in [0.717, 1.165) is 18.4 Å². The molecule has 4 rings (SSSR count). The first kappa shape index (κ1) is 19.3. The van der Waals surface area contributed by atoms with Gasteiger partial charge in [-0.1, -0.05) is 62.6 Å². The highest BCUT2D eigenvalue weighted by Crippen LogP contribution is 2.39. The van der Waals surface area contributed by atoms with Crippen molar-refractivity contribution in [2.75, 3.05) is 0 Å². The molecule has 0 aromatic heterocycles. The molecule has 0 atom stereocenters. The largest absolute Gasteiger partial charge is 0.205 e. The van der Waals surface area contributed by atoms with Gasteiger partial charge in [-0.3, -0.25) is 0 Å². The Balaban J connectivity index is 1.59. The van der Waals surface area contributed by atoms with Crippen LogP contribution in [0.5, 0.6) is 0 Å². The number of nitrogens with zero attached hydrogens (tertiary/aromatic N) is 1. The number of aryl methyl sites for hydroxylation is 1. The van der Waals surface area contributed by atoms with Gasteiger partial charge in [0.15, 0.2) is 0 Å². The van der Waals surface area contributed by atoms with Crippen LogP contribution in [-0.4, -0.2) is 0 Å². The van der Waals surface area contributed by atoms with Gasteiger partial charge in [-0.2, -0.15) is 5.26 Å². The zero-order valence-corrected chi connectivity index (χ0v) is 16.6. The molecule has 29 heavy (non-hydrogen) atoms. The number of unbranched alkanes of at least 4 members (excludes halogenated alkanes) is 3. The van der Waals surface area contributed by atoms with E-state index in [1.54, 1.807) is 6.07 Å². The van der Waals surface area contributed by atoms with Crippen molar-refractivity contribution in [1.29, 1.82) is 5.26 Å². The van der Waals surface area contributed by atoms with Gasteiger partial charge in [0.1, 0.15) is 23.3 Å². The van der Waals surface area contributed by atoms with Crippen molar-refractivity contribution in [2.24, 2.45) is 0 Å². The Kier molecular flexibility index (Phi) is 5.45. The van der Waals surface area contributed by atoms with E-state index in [1.807, 2.05) is 18.2 Å². The summed E-state index contributed by atoms with van der Waals surface area (Å²) in [6.07, 6.45) is 6.97. The van der Waals surface area contributed by atoms with Gasteiger partial charge in [0, 0.05) is 0 Å². The van der Waals surface area contributed by atoms with Crippen molar-refractivity contribution in [3.05, 3.63) is 82.4 Å². The topological polar surface area (TPSA) is 23.8 Å². The first-order valence-electron chi connectivity index (χ1n) is 10.3. The summed E-state index contributed by atoms with van der Waals surface area (Å²) in [7, 11) is 0. The van der Waals surface area contributed by atoms with Crippen molar-refractivity contribution in [3.63, 3.8) is 0 Å². The maximum atomic E-state index is 14.0. The number of halogens is 2. The van der Waals surface area contributed by atoms with Gasteiger partial charge in [-0.05, 0) is 70.3 Å². The van der Waals surface area contributed by atoms with Crippen molar-refractivity contribution in [1.82, 2.24) is 0 Å². The maximum Gasteiger partial charge on any atom is 0.144 e. The van der Waals surface area contributed by atoms with E-state index < -0.39 is 17.2 Å². The molecule has 0 heterocycles. The zero-order valence-electron chi connectivity index (χ0n) is 16.6. The normalized spacial score (nSPS) is 11.8. The number of hydrogen-bond donors (Lipinski definition) is 0. The average Bonchev–Trinajstić information content (AvgIpc) is 3.08. The van der Waals surface area contributed by atoms with Crippen molar-refractivity contribution in [2.45, 2.75) is 45.4 Å². The number of fused-ring (bicyclic) bond motifs is 3. The molecule has 1 aliphatic carbocycles. The fourth-order valence-corrected chi connectivity index (χ4v) is 4.20. The highest BCUT2D eigenvalue weighted by Gasteiger charge is 2.20. The summed E-state index contributed by atoms with van der Waals surface area (Å²) in [6.45, 7) is 2.22. The molecule has 0 unspecified atom stereocenters. The molecule has 0 amide bonds. The number of nitriles is 1. The molecule has 1 nitrogen and oxygen atoms in total. The number of rotatable bonds is 6. The summed E-state index contributed by atoms with van der Waals surface area (Å²) in [6, 6.07) is 16.7. The molecule has 0 radical (unpaired) electrons. The van der Waals surface area contributed by atoms with Gasteiger partial charge >= 0.3 is 0 Å². The fourth-order valence-electron chi connectivity index (χ4n) is 4.20. The molecular weight excluding hydrogens is 364 g/mol. The standard InChI is InChI=1S/C26H23F2N/c1-2-3-4-5-6-17-7-9-22-20(11-17)13-21-12-18(8-10-23(21)22)19-14-25(27)24(16-29)26(28)15-19/h7-12,14-15H,2-6,13H2,1H3. The minimum absolute atomic E-state index is 0.453. The van der Waals surface area contributed by atoms with Gasteiger partial charge in [-0.25, -0.2) is 8.78 Å². The second-order valence-corrected chi connectivity index (χ2v) is 7.78. The Labute approximate surface area is 170 Å². The van der Waals surface area contributed by atoms with Crippen LogP contribution in [0.1, 0.15) is 54.9 Å². The van der Waals surface area contributed by atoms with Crippen LogP contribution in [0.15, 0.2) is 48.5 Å². The molecule has 1 aliphatic rings. The van der Waals surface area contributed by atoms with E-state index in [1.165, 1.54) is 65.6 Å². The quantitative estimate of drug-likeness (QED) is 0.321. The summed E-state index contributed by atoms with van der Waals surface area (Å²) in [5.74, 6) is -1.64. The highest BCUT2D eigenvalue weighted by atomic mass is 19.1. The number of benzene rings is 3. The summed E-state index contributed by atoms with van der Waals surface area (Å²) >= 11 is 0. The molecule has 0 aliphatic heterocycles. The Hall–Kier alpha value is -2.99. The lowest BCUT2D eigenvalue weighted by Gasteiger charge is -2.07. The predicted molar refractivity (Wildman–Crippen MR) is 113 cm³/mol. The fraction of sp³-hybridized carbons (Fsp3) is 0.269. The first-order chi connectivity index (χ1) is 14.1. The van der Waals surface area contributed by atoms with Crippen molar-refractivity contribution in [3.8, 4) is 28.3 Å². The highest BCUT2D eigenvalue weighted by molar-refractivity contribution is 5.80. The molecule has 0 N–H and O–H groups in total. The molecule has 0 fully saturated rings. The third-order valence-corrected chi connectivity index (χ3v) is 5.75. The third-order valence-electron chi connectivity index (χ3n) is 5.75. The van der Waals surface area contributed by atoms with E-state index in [-0.39, 0.29) is 0 Å². The van der Waals surface area contributed by atoms with E-state index in [9.17, 15) is 8.78 Å². The van der Waals surface area contributed by atoms with E-state index in [0.29, 0.717) is 5.56 Å². The van der Waals surface area contributed by atoms with Gasteiger partial charge in [-0.15, -0.1) is 0 Å². The van der Waals surface area contributed by atoms with Crippen LogP contribution in [-0.2, 0) is 12.8 Å². The smallest absolute Gasteiger partial charge is 0.144 e. The Morgan fingerprint density at radius 2 is 1.52 bits per heavy atom. The Bertz CT molecular complexity index is 1090. The van der Waals surface area contributed by atoms with Crippen LogP contribution in [0.2, 0.25) is 0 Å². The van der Waals surface area contributed by atoms with Gasteiger partial charge in [0.05, 0.1) is 0 Å². The molecule has 0 bridgehead atoms. The van der Waals surface area contributed by atoms with E-state index in [4.69, 9.17) is 5.26 Å². The lowest BCUT2D eigenvalue weighted by molar-refractivity contribution is 0.577. The lowest BCUT2D eigenvalue weighted by atomic mass is 9.97. The molecule has 0 saturated heterocycles. The van der Waals surface area contributed by atoms with Gasteiger partial charge in [0.2, 0.25) is 0 Å². The zero-order chi connectivity index (χ0) is 20.4. The van der Waals surface area contributed by atoms with Crippen LogP contribution >= 0.6 is 0 Å². The molecule has 3 heteroatoms. The molecule has 146 valence electrons. The summed E-state index contributed by atoms with van der Waals surface area (Å²) in [5.41, 5.74) is 7.00. The molecule has 0 saturated carbocycles. The average molecular weight is 387 g/mol. The maximum absolute atomic E-state index is 14.0. The van der Waals surface area contributed by atoms with Crippen molar-refractivity contribution < 1.29 is 8.78 Å². The van der Waals surface area contributed by atoms with Gasteiger partial charge < -0.3 is 0 Å². The Morgan fingerprint density at radius 1 is 0.828 bits per heavy atom. The van der Waals surface area contributed by atoms with E-state index in [2.05, 4.69) is 25.1 Å². The molecule has 3 aromatic carbocycles. The molecular formula is C26H23F2N. The first-order valence-corrected chi connectivity index (χ1v) is 10.3. The lowest BCUT2D eigenvalue weighted by Crippen LogP contribution is -1.92. The second-order valence-electron chi connectivity index (χ2n) is 7.78. The minimum Gasteiger partial charge on any atom is -0.205 e. The second kappa shape index (κ2) is 8.17. The minimum atomic E-state index is -0.820. The SMILES string of the molecule is CCCCCCc1ccc2c(c1)Cc1cc(-c3cc(F)c(C#N)c(F)c3)ccc1-2. The van der Waals surface area contributed by atoms with Crippen LogP contribution in [0, 0.1) is 23.0 Å². The third kappa shape index (κ3) is 3.80. The number of hydrogen-bond acceptors (Lipinski definition) is 1. The Morgan fingerprint density at radius 3 is 2.21 bits per heavy atom. The molecule has 3 aromatic rings. The van der Waals surface area contributed by atoms with Gasteiger partial charge in [0.25, 0.3) is 0 Å². The predicted octanol–water partition coefficient (Wildman–Crippen LogP) is 7.20. The van der Waals surface area contributed by atoms with Crippen molar-refractivity contribution >= 4 is 0 Å².